The lowest BCUT2D eigenvalue weighted by molar-refractivity contribution is 0.0770. The molecule has 1 aliphatic carbocycles. The average molecular weight is 231 g/mol. The van der Waals surface area contributed by atoms with Crippen molar-refractivity contribution in [1.82, 2.24) is 0 Å². The van der Waals surface area contributed by atoms with Crippen molar-refractivity contribution >= 4 is 5.69 Å². The maximum absolute atomic E-state index is 6.07. The van der Waals surface area contributed by atoms with Crippen LogP contribution in [0.2, 0.25) is 0 Å². The van der Waals surface area contributed by atoms with Crippen LogP contribution in [0, 0.1) is 5.41 Å². The molecule has 0 bridgehead atoms. The largest absolute Gasteiger partial charge is 0.493 e. The van der Waals surface area contributed by atoms with Crippen molar-refractivity contribution < 1.29 is 4.74 Å². The van der Waals surface area contributed by atoms with Crippen molar-refractivity contribution in [3.8, 4) is 5.75 Å². The predicted molar refractivity (Wildman–Crippen MR) is 70.7 cm³/mol. The summed E-state index contributed by atoms with van der Waals surface area (Å²) in [5, 5.41) is 3.45. The fraction of sp³-hybridized carbons (Fsp3) is 0.600. The van der Waals surface area contributed by atoms with Crippen molar-refractivity contribution in [2.24, 2.45) is 5.41 Å². The number of hydrogen-bond donors (Lipinski definition) is 1. The van der Waals surface area contributed by atoms with Crippen LogP contribution in [0.25, 0.3) is 0 Å². The molecule has 1 aliphatic heterocycles. The molecule has 1 heterocycles. The molecule has 17 heavy (non-hydrogen) atoms. The fourth-order valence-electron chi connectivity index (χ4n) is 2.79. The molecule has 1 aromatic carbocycles. The van der Waals surface area contributed by atoms with Crippen molar-refractivity contribution in [3.05, 3.63) is 23.8 Å². The Balaban J connectivity index is 1.74. The first-order valence-corrected chi connectivity index (χ1v) is 6.75. The molecule has 2 aliphatic rings. The maximum atomic E-state index is 6.07. The molecule has 92 valence electrons. The third-order valence-electron chi connectivity index (χ3n) is 4.19. The molecule has 0 spiro atoms. The molecule has 2 heteroatoms. The lowest BCUT2D eigenvalue weighted by atomic mass is 9.71. The molecule has 1 N–H and O–H groups in total. The third kappa shape index (κ3) is 2.13. The van der Waals surface area contributed by atoms with Gasteiger partial charge in [-0.3, -0.25) is 0 Å². The molecule has 2 nitrogen and oxygen atoms in total. The quantitative estimate of drug-likeness (QED) is 0.858. The summed E-state index contributed by atoms with van der Waals surface area (Å²) in [5.41, 5.74) is 3.08. The van der Waals surface area contributed by atoms with Gasteiger partial charge in [-0.2, -0.15) is 0 Å². The van der Waals surface area contributed by atoms with Crippen LogP contribution < -0.4 is 10.1 Å². The SMILES string of the molecule is CC1(COc2cccc3c2CCCN3)CCC1. The molecule has 0 amide bonds. The Morgan fingerprint density at radius 3 is 2.94 bits per heavy atom. The second-order valence-corrected chi connectivity index (χ2v) is 5.77. The van der Waals surface area contributed by atoms with E-state index in [0.717, 1.165) is 25.3 Å². The minimum Gasteiger partial charge on any atom is -0.493 e. The van der Waals surface area contributed by atoms with Crippen LogP contribution in [-0.2, 0) is 6.42 Å². The van der Waals surface area contributed by atoms with Gasteiger partial charge in [0.05, 0.1) is 6.61 Å². The van der Waals surface area contributed by atoms with E-state index in [1.807, 2.05) is 0 Å². The van der Waals surface area contributed by atoms with Crippen LogP contribution in [-0.4, -0.2) is 13.2 Å². The summed E-state index contributed by atoms with van der Waals surface area (Å²) in [4.78, 5) is 0. The summed E-state index contributed by atoms with van der Waals surface area (Å²) in [6.45, 7) is 4.31. The second-order valence-electron chi connectivity index (χ2n) is 5.77. The predicted octanol–water partition coefficient (Wildman–Crippen LogP) is 3.61. The van der Waals surface area contributed by atoms with Crippen molar-refractivity contribution in [3.63, 3.8) is 0 Å². The van der Waals surface area contributed by atoms with Gasteiger partial charge >= 0.3 is 0 Å². The summed E-state index contributed by atoms with van der Waals surface area (Å²) in [6, 6.07) is 6.37. The highest BCUT2D eigenvalue weighted by molar-refractivity contribution is 5.59. The minimum absolute atomic E-state index is 0.435. The van der Waals surface area contributed by atoms with Gasteiger partial charge in [-0.25, -0.2) is 0 Å². The van der Waals surface area contributed by atoms with Crippen LogP contribution in [0.5, 0.6) is 5.75 Å². The summed E-state index contributed by atoms with van der Waals surface area (Å²) in [6.07, 6.45) is 6.37. The van der Waals surface area contributed by atoms with Crippen LogP contribution in [0.3, 0.4) is 0 Å². The van der Waals surface area contributed by atoms with Gasteiger partial charge in [0.1, 0.15) is 5.75 Å². The van der Waals surface area contributed by atoms with Gasteiger partial charge in [0.2, 0.25) is 0 Å². The number of benzene rings is 1. The lowest BCUT2D eigenvalue weighted by Crippen LogP contribution is -2.32. The first-order chi connectivity index (χ1) is 8.27. The Kier molecular flexibility index (Phi) is 2.73. The number of fused-ring (bicyclic) bond motifs is 1. The zero-order valence-electron chi connectivity index (χ0n) is 10.6. The molecular weight excluding hydrogens is 210 g/mol. The third-order valence-corrected chi connectivity index (χ3v) is 4.19. The molecule has 0 aromatic heterocycles. The van der Waals surface area contributed by atoms with E-state index in [2.05, 4.69) is 30.4 Å². The van der Waals surface area contributed by atoms with Crippen LogP contribution >= 0.6 is 0 Å². The summed E-state index contributed by atoms with van der Waals surface area (Å²) in [5.74, 6) is 1.10. The van der Waals surface area contributed by atoms with Crippen LogP contribution in [0.4, 0.5) is 5.69 Å². The van der Waals surface area contributed by atoms with E-state index in [1.54, 1.807) is 0 Å². The number of anilines is 1. The summed E-state index contributed by atoms with van der Waals surface area (Å²) in [7, 11) is 0. The Morgan fingerprint density at radius 1 is 1.29 bits per heavy atom. The van der Waals surface area contributed by atoms with Gasteiger partial charge in [0.15, 0.2) is 0 Å². The van der Waals surface area contributed by atoms with Crippen molar-refractivity contribution in [1.29, 1.82) is 0 Å². The minimum atomic E-state index is 0.435. The Morgan fingerprint density at radius 2 is 2.18 bits per heavy atom. The van der Waals surface area contributed by atoms with Gasteiger partial charge in [0, 0.05) is 23.2 Å². The van der Waals surface area contributed by atoms with E-state index < -0.39 is 0 Å². The molecule has 0 radical (unpaired) electrons. The molecule has 1 saturated carbocycles. The topological polar surface area (TPSA) is 21.3 Å². The van der Waals surface area contributed by atoms with Gasteiger partial charge < -0.3 is 10.1 Å². The highest BCUT2D eigenvalue weighted by Crippen LogP contribution is 2.41. The number of nitrogens with one attached hydrogen (secondary N) is 1. The molecule has 0 atom stereocenters. The van der Waals surface area contributed by atoms with Crippen LogP contribution in [0.1, 0.15) is 38.2 Å². The van der Waals surface area contributed by atoms with Gasteiger partial charge in [-0.05, 0) is 37.8 Å². The molecule has 1 fully saturated rings. The monoisotopic (exact) mass is 231 g/mol. The molecular formula is C15H21NO. The van der Waals surface area contributed by atoms with E-state index in [9.17, 15) is 0 Å². The Labute approximate surface area is 103 Å². The zero-order chi connectivity index (χ0) is 11.7. The first-order valence-electron chi connectivity index (χ1n) is 6.75. The molecule has 0 unspecified atom stereocenters. The number of ether oxygens (including phenoxy) is 1. The van der Waals surface area contributed by atoms with Crippen molar-refractivity contribution in [2.75, 3.05) is 18.5 Å². The maximum Gasteiger partial charge on any atom is 0.124 e. The highest BCUT2D eigenvalue weighted by atomic mass is 16.5. The Hall–Kier alpha value is -1.18. The van der Waals surface area contributed by atoms with Gasteiger partial charge in [-0.15, -0.1) is 0 Å². The molecule has 1 aromatic rings. The normalized spacial score (nSPS) is 21.0. The second kappa shape index (κ2) is 4.25. The first kappa shape index (κ1) is 10.9. The van der Waals surface area contributed by atoms with E-state index in [1.165, 1.54) is 36.9 Å². The van der Waals surface area contributed by atoms with Crippen LogP contribution in [0.15, 0.2) is 18.2 Å². The van der Waals surface area contributed by atoms with E-state index in [-0.39, 0.29) is 0 Å². The van der Waals surface area contributed by atoms with E-state index in [4.69, 9.17) is 4.74 Å². The smallest absolute Gasteiger partial charge is 0.124 e. The van der Waals surface area contributed by atoms with E-state index in [0.29, 0.717) is 5.41 Å². The van der Waals surface area contributed by atoms with E-state index >= 15 is 0 Å². The van der Waals surface area contributed by atoms with Gasteiger partial charge in [-0.1, -0.05) is 19.4 Å². The molecule has 0 saturated heterocycles. The average Bonchev–Trinajstić information content (AvgIpc) is 2.34. The molecule has 3 rings (SSSR count). The van der Waals surface area contributed by atoms with Crippen molar-refractivity contribution in [2.45, 2.75) is 39.0 Å². The lowest BCUT2D eigenvalue weighted by Gasteiger charge is -2.38. The summed E-state index contributed by atoms with van der Waals surface area (Å²) < 4.78 is 6.07. The zero-order valence-corrected chi connectivity index (χ0v) is 10.6. The van der Waals surface area contributed by atoms with Gasteiger partial charge in [0.25, 0.3) is 0 Å². The summed E-state index contributed by atoms with van der Waals surface area (Å²) >= 11 is 0. The standard InChI is InChI=1S/C15H21NO/c1-15(8-4-9-15)11-17-14-7-2-6-13-12(14)5-3-10-16-13/h2,6-7,16H,3-5,8-11H2,1H3. The Bertz CT molecular complexity index is 409. The number of rotatable bonds is 3. The fourth-order valence-corrected chi connectivity index (χ4v) is 2.79. The highest BCUT2D eigenvalue weighted by Gasteiger charge is 2.32. The number of hydrogen-bond acceptors (Lipinski definition) is 2.